The third kappa shape index (κ3) is 7.61. The number of benzene rings is 2. The Morgan fingerprint density at radius 2 is 1.78 bits per heavy atom. The van der Waals surface area contributed by atoms with E-state index in [0.29, 0.717) is 6.54 Å². The lowest BCUT2D eigenvalue weighted by Crippen LogP contribution is -2.46. The summed E-state index contributed by atoms with van der Waals surface area (Å²) in [6.07, 6.45) is 0. The van der Waals surface area contributed by atoms with Crippen molar-refractivity contribution >= 4 is 29.9 Å². The Bertz CT molecular complexity index is 826. The minimum absolute atomic E-state index is 0. The van der Waals surface area contributed by atoms with Gasteiger partial charge in [0.1, 0.15) is 5.75 Å². The molecule has 2 aromatic rings. The summed E-state index contributed by atoms with van der Waals surface area (Å²) < 4.78 is 10.9. The van der Waals surface area contributed by atoms with Gasteiger partial charge in [0.15, 0.2) is 5.96 Å². The van der Waals surface area contributed by atoms with Gasteiger partial charge in [0, 0.05) is 26.2 Å². The number of halogens is 1. The summed E-state index contributed by atoms with van der Waals surface area (Å²) in [7, 11) is 1.68. The van der Waals surface area contributed by atoms with Crippen molar-refractivity contribution in [2.75, 3.05) is 46.5 Å². The fourth-order valence-electron chi connectivity index (χ4n) is 3.74. The van der Waals surface area contributed by atoms with Crippen LogP contribution in [0.3, 0.4) is 0 Å². The first-order valence-electron chi connectivity index (χ1n) is 10.9. The molecule has 0 aliphatic carbocycles. The summed E-state index contributed by atoms with van der Waals surface area (Å²) in [6.45, 7) is 7.38. The molecule has 3 N–H and O–H groups in total. The third-order valence-corrected chi connectivity index (χ3v) is 5.49. The molecule has 1 saturated heterocycles. The van der Waals surface area contributed by atoms with Crippen molar-refractivity contribution in [3.63, 3.8) is 0 Å². The number of hydrogen-bond donors (Lipinski definition) is 3. The second-order valence-electron chi connectivity index (χ2n) is 7.44. The van der Waals surface area contributed by atoms with E-state index < -0.39 is 0 Å². The average molecular weight is 554 g/mol. The number of methoxy groups -OCH3 is 1. The summed E-state index contributed by atoms with van der Waals surface area (Å²) in [4.78, 5) is 7.20. The molecular weight excluding hydrogens is 519 g/mol. The molecular formula is C24H35IN4O3. The Labute approximate surface area is 208 Å². The number of aliphatic hydroxyl groups is 1. The average Bonchev–Trinajstić information content (AvgIpc) is 2.83. The van der Waals surface area contributed by atoms with Gasteiger partial charge in [0.2, 0.25) is 0 Å². The zero-order valence-electron chi connectivity index (χ0n) is 18.9. The van der Waals surface area contributed by atoms with E-state index in [1.54, 1.807) is 7.11 Å². The summed E-state index contributed by atoms with van der Waals surface area (Å²) >= 11 is 0. The van der Waals surface area contributed by atoms with E-state index in [2.05, 4.69) is 34.6 Å². The van der Waals surface area contributed by atoms with Gasteiger partial charge in [-0.05, 0) is 35.7 Å². The number of hydrogen-bond acceptors (Lipinski definition) is 5. The van der Waals surface area contributed by atoms with E-state index in [4.69, 9.17) is 14.5 Å². The van der Waals surface area contributed by atoms with Crippen LogP contribution in [0.5, 0.6) is 5.75 Å². The van der Waals surface area contributed by atoms with Crippen molar-refractivity contribution < 1.29 is 14.6 Å². The highest BCUT2D eigenvalue weighted by atomic mass is 127. The fourth-order valence-corrected chi connectivity index (χ4v) is 3.74. The molecule has 0 bridgehead atoms. The smallest absolute Gasteiger partial charge is 0.191 e. The number of rotatable bonds is 9. The topological polar surface area (TPSA) is 78.4 Å². The molecule has 1 heterocycles. The van der Waals surface area contributed by atoms with Gasteiger partial charge in [-0.15, -0.1) is 24.0 Å². The highest BCUT2D eigenvalue weighted by molar-refractivity contribution is 14.0. The Hall–Kier alpha value is -1.88. The maximum Gasteiger partial charge on any atom is 0.191 e. The summed E-state index contributed by atoms with van der Waals surface area (Å²) in [5, 5.41) is 16.4. The molecule has 1 fully saturated rings. The number of nitrogens with one attached hydrogen (secondary N) is 2. The number of morpholine rings is 1. The minimum atomic E-state index is 0. The van der Waals surface area contributed by atoms with Crippen LogP contribution in [-0.4, -0.2) is 62.5 Å². The molecule has 0 saturated carbocycles. The first-order chi connectivity index (χ1) is 15.2. The first kappa shape index (κ1) is 26.4. The van der Waals surface area contributed by atoms with Crippen LogP contribution in [0.4, 0.5) is 0 Å². The Morgan fingerprint density at radius 1 is 1.09 bits per heavy atom. The van der Waals surface area contributed by atoms with Crippen molar-refractivity contribution in [2.45, 2.75) is 26.1 Å². The summed E-state index contributed by atoms with van der Waals surface area (Å²) in [5.41, 5.74) is 3.17. The maximum absolute atomic E-state index is 9.57. The molecule has 32 heavy (non-hydrogen) atoms. The first-order valence-corrected chi connectivity index (χ1v) is 10.9. The molecule has 1 aliphatic heterocycles. The number of aliphatic imine (C=N–C) groups is 1. The number of ether oxygens (including phenoxy) is 2. The van der Waals surface area contributed by atoms with E-state index in [9.17, 15) is 5.11 Å². The second-order valence-corrected chi connectivity index (χ2v) is 7.44. The summed E-state index contributed by atoms with van der Waals surface area (Å²) in [5.74, 6) is 1.62. The molecule has 176 valence electrons. The molecule has 1 atom stereocenters. The number of aliphatic hydroxyl groups excluding tert-OH is 1. The molecule has 0 spiro atoms. The largest absolute Gasteiger partial charge is 0.497 e. The molecule has 7 nitrogen and oxygen atoms in total. The Morgan fingerprint density at radius 3 is 2.41 bits per heavy atom. The highest BCUT2D eigenvalue weighted by Crippen LogP contribution is 2.23. The van der Waals surface area contributed by atoms with Crippen molar-refractivity contribution in [3.8, 4) is 5.75 Å². The molecule has 3 rings (SSSR count). The number of guanidine groups is 1. The van der Waals surface area contributed by atoms with E-state index in [-0.39, 0.29) is 36.6 Å². The van der Waals surface area contributed by atoms with Crippen LogP contribution in [0, 0.1) is 0 Å². The molecule has 0 aromatic heterocycles. The number of nitrogens with zero attached hydrogens (tertiary/aromatic N) is 2. The second kappa shape index (κ2) is 14.3. The molecule has 1 aliphatic rings. The van der Waals surface area contributed by atoms with Gasteiger partial charge in [-0.1, -0.05) is 36.4 Å². The van der Waals surface area contributed by atoms with E-state index in [1.165, 1.54) is 5.56 Å². The molecule has 2 aromatic carbocycles. The van der Waals surface area contributed by atoms with Crippen LogP contribution >= 0.6 is 24.0 Å². The molecule has 1 unspecified atom stereocenters. The van der Waals surface area contributed by atoms with E-state index in [1.807, 2.05) is 36.4 Å². The standard InChI is InChI=1S/C24H34N4O3.HI/c1-3-25-24(26-16-20-6-4-5-7-21(20)18-29)27-17-23(28-12-14-31-15-13-28)19-8-10-22(30-2)11-9-19;/h4-11,23,29H,3,12-18H2,1-2H3,(H2,25,26,27);1H. The van der Waals surface area contributed by atoms with Crippen LogP contribution < -0.4 is 15.4 Å². The SMILES string of the molecule is CCNC(=NCc1ccccc1CO)NCC(c1ccc(OC)cc1)N1CCOCC1.I. The lowest BCUT2D eigenvalue weighted by molar-refractivity contribution is 0.0170. The van der Waals surface area contributed by atoms with Gasteiger partial charge in [0.05, 0.1) is 39.5 Å². The van der Waals surface area contributed by atoms with Crippen molar-refractivity contribution in [1.82, 2.24) is 15.5 Å². The maximum atomic E-state index is 9.57. The van der Waals surface area contributed by atoms with Gasteiger partial charge in [0.25, 0.3) is 0 Å². The van der Waals surface area contributed by atoms with Gasteiger partial charge >= 0.3 is 0 Å². The predicted molar refractivity (Wildman–Crippen MR) is 139 cm³/mol. The quantitative estimate of drug-likeness (QED) is 0.252. The van der Waals surface area contributed by atoms with Gasteiger partial charge in [-0.2, -0.15) is 0 Å². The monoisotopic (exact) mass is 554 g/mol. The molecule has 8 heteroatoms. The molecule has 0 amide bonds. The minimum Gasteiger partial charge on any atom is -0.497 e. The van der Waals surface area contributed by atoms with Crippen molar-refractivity contribution in [1.29, 1.82) is 0 Å². The lowest BCUT2D eigenvalue weighted by atomic mass is 10.0. The van der Waals surface area contributed by atoms with Gasteiger partial charge in [-0.3, -0.25) is 4.90 Å². The van der Waals surface area contributed by atoms with Crippen LogP contribution in [-0.2, 0) is 17.9 Å². The lowest BCUT2D eigenvalue weighted by Gasteiger charge is -2.35. The zero-order valence-corrected chi connectivity index (χ0v) is 21.2. The summed E-state index contributed by atoms with van der Waals surface area (Å²) in [6, 6.07) is 16.3. The van der Waals surface area contributed by atoms with Crippen molar-refractivity contribution in [3.05, 3.63) is 65.2 Å². The predicted octanol–water partition coefficient (Wildman–Crippen LogP) is 2.93. The fraction of sp³-hybridized carbons (Fsp3) is 0.458. The van der Waals surface area contributed by atoms with Gasteiger partial charge in [-0.25, -0.2) is 4.99 Å². The van der Waals surface area contributed by atoms with Crippen LogP contribution in [0.25, 0.3) is 0 Å². The van der Waals surface area contributed by atoms with E-state index in [0.717, 1.165) is 62.2 Å². The van der Waals surface area contributed by atoms with Crippen LogP contribution in [0.2, 0.25) is 0 Å². The van der Waals surface area contributed by atoms with Crippen LogP contribution in [0.15, 0.2) is 53.5 Å². The third-order valence-electron chi connectivity index (χ3n) is 5.49. The van der Waals surface area contributed by atoms with Crippen molar-refractivity contribution in [2.24, 2.45) is 4.99 Å². The van der Waals surface area contributed by atoms with Crippen LogP contribution in [0.1, 0.15) is 29.7 Å². The normalized spacial score (nSPS) is 15.5. The Kier molecular flexibility index (Phi) is 11.8. The molecule has 0 radical (unpaired) electrons. The zero-order chi connectivity index (χ0) is 21.9. The van der Waals surface area contributed by atoms with E-state index >= 15 is 0 Å². The van der Waals surface area contributed by atoms with Gasteiger partial charge < -0.3 is 25.2 Å². The Balaban J connectivity index is 0.00000363. The highest BCUT2D eigenvalue weighted by Gasteiger charge is 2.23.